The minimum Gasteiger partial charge on any atom is -0.218 e. The lowest BCUT2D eigenvalue weighted by Gasteiger charge is -2.06. The van der Waals surface area contributed by atoms with Crippen molar-refractivity contribution in [3.63, 3.8) is 0 Å². The highest BCUT2D eigenvalue weighted by Crippen LogP contribution is 2.30. The molecule has 2 rings (SSSR count). The van der Waals surface area contributed by atoms with Gasteiger partial charge in [0.25, 0.3) is 0 Å². The van der Waals surface area contributed by atoms with Gasteiger partial charge in [0.15, 0.2) is 11.6 Å². The van der Waals surface area contributed by atoms with E-state index in [2.05, 4.69) is 31.9 Å². The quantitative estimate of drug-likeness (QED) is 0.614. The third kappa shape index (κ3) is 3.86. The maximum atomic E-state index is 13.2. The summed E-state index contributed by atoms with van der Waals surface area (Å²) >= 11 is 6.29. The number of nitriles is 1. The van der Waals surface area contributed by atoms with Gasteiger partial charge in [-0.05, 0) is 57.9 Å². The summed E-state index contributed by atoms with van der Waals surface area (Å²) in [6.45, 7) is 0. The van der Waals surface area contributed by atoms with Crippen LogP contribution in [0.4, 0.5) is 8.78 Å². The zero-order valence-corrected chi connectivity index (χ0v) is 15.2. The molecule has 0 saturated carbocycles. The Hall–Kier alpha value is -1.56. The van der Waals surface area contributed by atoms with Crippen LogP contribution in [0, 0.1) is 23.0 Å². The normalized spacial score (nSPS) is 12.0. The zero-order valence-electron chi connectivity index (χ0n) is 11.2. The Morgan fingerprint density at radius 1 is 1.09 bits per heavy atom. The molecular formula is C15H7Br2F2NO2S. The lowest BCUT2D eigenvalue weighted by Crippen LogP contribution is -2.04. The van der Waals surface area contributed by atoms with Gasteiger partial charge in [0.1, 0.15) is 11.0 Å². The van der Waals surface area contributed by atoms with Gasteiger partial charge in [-0.25, -0.2) is 17.2 Å². The van der Waals surface area contributed by atoms with Crippen molar-refractivity contribution >= 4 is 47.8 Å². The van der Waals surface area contributed by atoms with Gasteiger partial charge in [0.2, 0.25) is 9.84 Å². The first kappa shape index (κ1) is 17.8. The van der Waals surface area contributed by atoms with Crippen LogP contribution in [0.1, 0.15) is 5.56 Å². The van der Waals surface area contributed by atoms with Crippen LogP contribution in [0.5, 0.6) is 0 Å². The summed E-state index contributed by atoms with van der Waals surface area (Å²) < 4.78 is 52.1. The maximum absolute atomic E-state index is 13.2. The molecule has 0 fully saturated rings. The van der Waals surface area contributed by atoms with Crippen LogP contribution in [0.25, 0.3) is 6.08 Å². The van der Waals surface area contributed by atoms with Crippen molar-refractivity contribution in [1.29, 1.82) is 5.26 Å². The first-order valence-corrected chi connectivity index (χ1v) is 9.09. The van der Waals surface area contributed by atoms with E-state index >= 15 is 0 Å². The SMILES string of the molecule is N#C/C(=C\c1ccc(F)c(F)c1)S(=O)(=O)c1cc(Br)ccc1Br. The second-order valence-corrected chi connectivity index (χ2v) is 8.03. The van der Waals surface area contributed by atoms with Crippen LogP contribution in [-0.2, 0) is 9.84 Å². The third-order valence-corrected chi connectivity index (χ3v) is 5.98. The standard InChI is InChI=1S/C15H7Br2F2NO2S/c16-10-2-3-12(17)15(7-10)23(21,22)11(8-20)5-9-1-4-13(18)14(19)6-9/h1-7H/b11-5+. The van der Waals surface area contributed by atoms with Crippen molar-refractivity contribution in [1.82, 2.24) is 0 Å². The van der Waals surface area contributed by atoms with Gasteiger partial charge in [0.05, 0.1) is 4.90 Å². The number of halogens is 4. The van der Waals surface area contributed by atoms with Gasteiger partial charge in [-0.3, -0.25) is 0 Å². The fourth-order valence-electron chi connectivity index (χ4n) is 1.73. The van der Waals surface area contributed by atoms with Gasteiger partial charge in [0, 0.05) is 8.95 Å². The van der Waals surface area contributed by atoms with Crippen molar-refractivity contribution in [3.05, 3.63) is 67.4 Å². The summed E-state index contributed by atoms with van der Waals surface area (Å²) in [5.41, 5.74) is 0.0649. The van der Waals surface area contributed by atoms with Crippen molar-refractivity contribution in [2.24, 2.45) is 0 Å². The lowest BCUT2D eigenvalue weighted by atomic mass is 10.2. The molecule has 0 aromatic heterocycles. The summed E-state index contributed by atoms with van der Waals surface area (Å²) in [4.78, 5) is -0.690. The molecule has 0 spiro atoms. The van der Waals surface area contributed by atoms with Crippen LogP contribution >= 0.6 is 31.9 Å². The Bertz CT molecular complexity index is 950. The van der Waals surface area contributed by atoms with Gasteiger partial charge in [-0.1, -0.05) is 22.0 Å². The predicted octanol–water partition coefficient (Wildman–Crippen LogP) is 4.83. The molecule has 0 radical (unpaired) electrons. The highest BCUT2D eigenvalue weighted by atomic mass is 79.9. The molecule has 118 valence electrons. The number of benzene rings is 2. The zero-order chi connectivity index (χ0) is 17.2. The molecule has 0 aliphatic rings. The Labute approximate surface area is 148 Å². The van der Waals surface area contributed by atoms with E-state index in [1.807, 2.05) is 0 Å². The van der Waals surface area contributed by atoms with Gasteiger partial charge in [-0.2, -0.15) is 5.26 Å². The molecule has 23 heavy (non-hydrogen) atoms. The Balaban J connectivity index is 2.59. The summed E-state index contributed by atoms with van der Waals surface area (Å²) in [5, 5.41) is 9.18. The molecule has 2 aromatic rings. The van der Waals surface area contributed by atoms with Crippen molar-refractivity contribution < 1.29 is 17.2 Å². The van der Waals surface area contributed by atoms with Crippen molar-refractivity contribution in [2.75, 3.05) is 0 Å². The van der Waals surface area contributed by atoms with E-state index in [0.29, 0.717) is 4.47 Å². The van der Waals surface area contributed by atoms with E-state index in [-0.39, 0.29) is 14.9 Å². The molecule has 2 aromatic carbocycles. The molecule has 0 aliphatic carbocycles. The monoisotopic (exact) mass is 461 g/mol. The molecule has 0 saturated heterocycles. The molecule has 3 nitrogen and oxygen atoms in total. The molecule has 0 aliphatic heterocycles. The number of allylic oxidation sites excluding steroid dienone is 1. The molecular weight excluding hydrogens is 456 g/mol. The molecule has 8 heteroatoms. The summed E-state index contributed by atoms with van der Waals surface area (Å²) in [6, 6.07) is 8.94. The van der Waals surface area contributed by atoms with Crippen LogP contribution in [0.15, 0.2) is 55.1 Å². The van der Waals surface area contributed by atoms with Crippen LogP contribution in [-0.4, -0.2) is 8.42 Å². The van der Waals surface area contributed by atoms with Crippen molar-refractivity contribution in [2.45, 2.75) is 4.90 Å². The second-order valence-electron chi connectivity index (χ2n) is 4.37. The Morgan fingerprint density at radius 2 is 1.78 bits per heavy atom. The molecule has 0 N–H and O–H groups in total. The Kier molecular flexibility index (Phi) is 5.34. The lowest BCUT2D eigenvalue weighted by molar-refractivity contribution is 0.508. The molecule has 0 atom stereocenters. The first-order valence-electron chi connectivity index (χ1n) is 6.02. The third-order valence-electron chi connectivity index (χ3n) is 2.82. The van der Waals surface area contributed by atoms with Crippen LogP contribution < -0.4 is 0 Å². The highest BCUT2D eigenvalue weighted by molar-refractivity contribution is 9.11. The number of nitrogens with zero attached hydrogens (tertiary/aromatic N) is 1. The molecule has 0 amide bonds. The molecule has 0 unspecified atom stereocenters. The van der Waals surface area contributed by atoms with E-state index in [0.717, 1.165) is 18.2 Å². The summed E-state index contributed by atoms with van der Waals surface area (Å²) in [5.74, 6) is -2.18. The summed E-state index contributed by atoms with van der Waals surface area (Å²) in [7, 11) is -4.12. The van der Waals surface area contributed by atoms with Crippen LogP contribution in [0.3, 0.4) is 0 Å². The van der Waals surface area contributed by atoms with Gasteiger partial charge >= 0.3 is 0 Å². The van der Waals surface area contributed by atoms with Crippen LogP contribution in [0.2, 0.25) is 0 Å². The van der Waals surface area contributed by atoms with E-state index in [1.165, 1.54) is 18.2 Å². The van der Waals surface area contributed by atoms with E-state index in [9.17, 15) is 22.5 Å². The first-order chi connectivity index (χ1) is 10.8. The molecule has 0 bridgehead atoms. The minimum atomic E-state index is -4.12. The van der Waals surface area contributed by atoms with E-state index in [1.54, 1.807) is 12.1 Å². The fourth-order valence-corrected chi connectivity index (χ4v) is 4.38. The number of rotatable bonds is 3. The topological polar surface area (TPSA) is 57.9 Å². The predicted molar refractivity (Wildman–Crippen MR) is 89.0 cm³/mol. The largest absolute Gasteiger partial charge is 0.218 e. The number of sulfone groups is 1. The Morgan fingerprint density at radius 3 is 2.39 bits per heavy atom. The maximum Gasteiger partial charge on any atom is 0.217 e. The number of hydrogen-bond donors (Lipinski definition) is 0. The van der Waals surface area contributed by atoms with Gasteiger partial charge < -0.3 is 0 Å². The second kappa shape index (κ2) is 6.91. The molecule has 0 heterocycles. The summed E-state index contributed by atoms with van der Waals surface area (Å²) in [6.07, 6.45) is 0.991. The smallest absolute Gasteiger partial charge is 0.217 e. The van der Waals surface area contributed by atoms with E-state index < -0.39 is 26.4 Å². The van der Waals surface area contributed by atoms with Crippen molar-refractivity contribution in [3.8, 4) is 6.07 Å². The minimum absolute atomic E-state index is 0.0649. The van der Waals surface area contributed by atoms with E-state index in [4.69, 9.17) is 0 Å². The highest BCUT2D eigenvalue weighted by Gasteiger charge is 2.24. The average molecular weight is 463 g/mol. The van der Waals surface area contributed by atoms with Gasteiger partial charge in [-0.15, -0.1) is 0 Å². The fraction of sp³-hybridized carbons (Fsp3) is 0. The number of hydrogen-bond acceptors (Lipinski definition) is 3. The average Bonchev–Trinajstić information content (AvgIpc) is 2.50.